The van der Waals surface area contributed by atoms with Gasteiger partial charge in [-0.1, -0.05) is 0 Å². The van der Waals surface area contributed by atoms with Gasteiger partial charge in [-0.3, -0.25) is 14.9 Å². The Morgan fingerprint density at radius 3 is 2.81 bits per heavy atom. The molecule has 0 saturated carbocycles. The first-order valence-electron chi connectivity index (χ1n) is 7.06. The Balaban J connectivity index is 1.74. The lowest BCUT2D eigenvalue weighted by atomic mass is 10.1. The van der Waals surface area contributed by atoms with E-state index < -0.39 is 4.92 Å². The van der Waals surface area contributed by atoms with Crippen molar-refractivity contribution in [2.24, 2.45) is 5.92 Å². The monoisotopic (exact) mass is 289 g/mol. The summed E-state index contributed by atoms with van der Waals surface area (Å²) < 4.78 is 0. The summed E-state index contributed by atoms with van der Waals surface area (Å²) in [7, 11) is 0. The largest absolute Gasteiger partial charge is 0.353 e. The molecule has 1 unspecified atom stereocenters. The van der Waals surface area contributed by atoms with Crippen LogP contribution in [0.15, 0.2) is 30.3 Å². The van der Waals surface area contributed by atoms with E-state index in [1.165, 1.54) is 24.6 Å². The van der Waals surface area contributed by atoms with Crippen molar-refractivity contribution in [1.82, 2.24) is 10.6 Å². The maximum absolute atomic E-state index is 11.6. The van der Waals surface area contributed by atoms with Crippen LogP contribution < -0.4 is 10.6 Å². The van der Waals surface area contributed by atoms with Crippen LogP contribution in [0.1, 0.15) is 18.4 Å². The molecule has 0 aromatic heterocycles. The van der Waals surface area contributed by atoms with Crippen molar-refractivity contribution < 1.29 is 9.72 Å². The molecule has 0 spiro atoms. The molecule has 21 heavy (non-hydrogen) atoms. The maximum atomic E-state index is 11.6. The van der Waals surface area contributed by atoms with E-state index in [1.807, 2.05) is 0 Å². The quantitative estimate of drug-likeness (QED) is 0.474. The molecule has 2 rings (SSSR count). The maximum Gasteiger partial charge on any atom is 0.269 e. The van der Waals surface area contributed by atoms with Crippen molar-refractivity contribution in [2.75, 3.05) is 19.6 Å². The van der Waals surface area contributed by atoms with Gasteiger partial charge in [-0.05, 0) is 55.6 Å². The molecule has 1 amide bonds. The Kier molecular flexibility index (Phi) is 5.45. The molecule has 1 aromatic rings. The summed E-state index contributed by atoms with van der Waals surface area (Å²) in [5, 5.41) is 16.7. The molecular weight excluding hydrogens is 270 g/mol. The van der Waals surface area contributed by atoms with Crippen molar-refractivity contribution in [1.29, 1.82) is 0 Å². The van der Waals surface area contributed by atoms with Gasteiger partial charge in [0.25, 0.3) is 5.69 Å². The third-order valence-corrected chi connectivity index (χ3v) is 3.55. The number of benzene rings is 1. The average Bonchev–Trinajstić information content (AvgIpc) is 2.99. The van der Waals surface area contributed by atoms with Crippen LogP contribution in [0, 0.1) is 16.0 Å². The van der Waals surface area contributed by atoms with Gasteiger partial charge in [0, 0.05) is 24.8 Å². The van der Waals surface area contributed by atoms with E-state index in [2.05, 4.69) is 10.6 Å². The fourth-order valence-corrected chi connectivity index (χ4v) is 2.30. The Hall–Kier alpha value is -2.21. The van der Waals surface area contributed by atoms with Crippen LogP contribution in [-0.4, -0.2) is 30.5 Å². The lowest BCUT2D eigenvalue weighted by Crippen LogP contribution is -2.24. The predicted molar refractivity (Wildman–Crippen MR) is 80.7 cm³/mol. The zero-order valence-electron chi connectivity index (χ0n) is 11.7. The van der Waals surface area contributed by atoms with Crippen LogP contribution in [0.2, 0.25) is 0 Å². The van der Waals surface area contributed by atoms with E-state index in [0.717, 1.165) is 25.1 Å². The number of hydrogen-bond acceptors (Lipinski definition) is 4. The molecule has 1 aromatic carbocycles. The fourth-order valence-electron chi connectivity index (χ4n) is 2.30. The number of amides is 1. The number of hydrogen-bond donors (Lipinski definition) is 2. The Bertz CT molecular complexity index is 519. The first kappa shape index (κ1) is 15.2. The van der Waals surface area contributed by atoms with Gasteiger partial charge in [-0.15, -0.1) is 0 Å². The van der Waals surface area contributed by atoms with Crippen molar-refractivity contribution in [3.05, 3.63) is 46.0 Å². The molecule has 1 heterocycles. The van der Waals surface area contributed by atoms with E-state index in [-0.39, 0.29) is 11.6 Å². The molecule has 112 valence electrons. The van der Waals surface area contributed by atoms with Gasteiger partial charge >= 0.3 is 0 Å². The second-order valence-electron chi connectivity index (χ2n) is 5.12. The van der Waals surface area contributed by atoms with Gasteiger partial charge < -0.3 is 10.6 Å². The van der Waals surface area contributed by atoms with E-state index in [4.69, 9.17) is 0 Å². The minimum absolute atomic E-state index is 0.0433. The lowest BCUT2D eigenvalue weighted by molar-refractivity contribution is -0.384. The Morgan fingerprint density at radius 1 is 1.43 bits per heavy atom. The minimum Gasteiger partial charge on any atom is -0.353 e. The van der Waals surface area contributed by atoms with Gasteiger partial charge in [0.15, 0.2) is 0 Å². The number of carbonyl (C=O) groups excluding carboxylic acids is 1. The summed E-state index contributed by atoms with van der Waals surface area (Å²) in [6, 6.07) is 6.08. The van der Waals surface area contributed by atoms with Gasteiger partial charge in [-0.25, -0.2) is 0 Å². The first-order chi connectivity index (χ1) is 10.1. The van der Waals surface area contributed by atoms with Crippen LogP contribution in [0.3, 0.4) is 0 Å². The second kappa shape index (κ2) is 7.54. The minimum atomic E-state index is -0.446. The third kappa shape index (κ3) is 5.00. The molecule has 0 bridgehead atoms. The van der Waals surface area contributed by atoms with Gasteiger partial charge in [0.05, 0.1) is 4.92 Å². The molecule has 6 nitrogen and oxygen atoms in total. The third-order valence-electron chi connectivity index (χ3n) is 3.55. The Morgan fingerprint density at radius 2 is 2.19 bits per heavy atom. The highest BCUT2D eigenvalue weighted by Crippen LogP contribution is 2.13. The Labute approximate surface area is 123 Å². The van der Waals surface area contributed by atoms with E-state index in [9.17, 15) is 14.9 Å². The zero-order valence-corrected chi connectivity index (χ0v) is 11.7. The summed E-state index contributed by atoms with van der Waals surface area (Å²) in [6.45, 7) is 2.78. The molecule has 0 aliphatic carbocycles. The molecule has 6 heteroatoms. The molecule has 1 atom stereocenters. The molecular formula is C15H19N3O3. The van der Waals surface area contributed by atoms with Crippen molar-refractivity contribution in [2.45, 2.75) is 12.8 Å². The highest BCUT2D eigenvalue weighted by atomic mass is 16.6. The normalized spacial score (nSPS) is 18.0. The summed E-state index contributed by atoms with van der Waals surface area (Å²) in [5.74, 6) is 0.517. The number of rotatable bonds is 6. The number of carbonyl (C=O) groups is 1. The zero-order chi connectivity index (χ0) is 15.1. The number of non-ortho nitro benzene ring substituents is 1. The lowest BCUT2D eigenvalue weighted by Gasteiger charge is -2.07. The average molecular weight is 289 g/mol. The number of nitro benzene ring substituents is 1. The van der Waals surface area contributed by atoms with Crippen LogP contribution in [0.25, 0.3) is 6.08 Å². The van der Waals surface area contributed by atoms with Crippen LogP contribution >= 0.6 is 0 Å². The summed E-state index contributed by atoms with van der Waals surface area (Å²) in [5.41, 5.74) is 0.803. The molecule has 0 radical (unpaired) electrons. The van der Waals surface area contributed by atoms with Crippen molar-refractivity contribution >= 4 is 17.7 Å². The number of nitrogens with one attached hydrogen (secondary N) is 2. The van der Waals surface area contributed by atoms with Crippen molar-refractivity contribution in [3.8, 4) is 0 Å². The van der Waals surface area contributed by atoms with Gasteiger partial charge in [0.2, 0.25) is 5.91 Å². The highest BCUT2D eigenvalue weighted by Gasteiger charge is 2.13. The summed E-state index contributed by atoms with van der Waals surface area (Å²) >= 11 is 0. The summed E-state index contributed by atoms with van der Waals surface area (Å²) in [4.78, 5) is 21.7. The number of nitro groups is 1. The van der Waals surface area contributed by atoms with E-state index in [1.54, 1.807) is 18.2 Å². The highest BCUT2D eigenvalue weighted by molar-refractivity contribution is 5.91. The smallest absolute Gasteiger partial charge is 0.269 e. The standard InChI is InChI=1S/C15H19N3O3/c19-15(17-10-8-13-7-9-16-11-13)6-3-12-1-4-14(5-2-12)18(20)21/h1-6,13,16H,7-11H2,(H,17,19). The molecule has 1 saturated heterocycles. The van der Waals surface area contributed by atoms with Crippen LogP contribution in [0.5, 0.6) is 0 Å². The topological polar surface area (TPSA) is 84.3 Å². The van der Waals surface area contributed by atoms with Crippen molar-refractivity contribution in [3.63, 3.8) is 0 Å². The SMILES string of the molecule is O=C(C=Cc1ccc([N+](=O)[O-])cc1)NCCC1CCNC1. The number of nitrogens with zero attached hydrogens (tertiary/aromatic N) is 1. The van der Waals surface area contributed by atoms with Gasteiger partial charge in [-0.2, -0.15) is 0 Å². The van der Waals surface area contributed by atoms with Crippen LogP contribution in [0.4, 0.5) is 5.69 Å². The fraction of sp³-hybridized carbons (Fsp3) is 0.400. The molecule has 1 aliphatic heterocycles. The van der Waals surface area contributed by atoms with E-state index in [0.29, 0.717) is 12.5 Å². The predicted octanol–water partition coefficient (Wildman–Crippen LogP) is 1.72. The first-order valence-corrected chi connectivity index (χ1v) is 7.06. The molecule has 1 fully saturated rings. The van der Waals surface area contributed by atoms with E-state index >= 15 is 0 Å². The summed E-state index contributed by atoms with van der Waals surface area (Å²) in [6.07, 6.45) is 5.27. The molecule has 1 aliphatic rings. The molecule has 2 N–H and O–H groups in total. The van der Waals surface area contributed by atoms with Crippen LogP contribution in [-0.2, 0) is 4.79 Å². The second-order valence-corrected chi connectivity index (χ2v) is 5.12. The van der Waals surface area contributed by atoms with Gasteiger partial charge in [0.1, 0.15) is 0 Å².